The van der Waals surface area contributed by atoms with Crippen molar-refractivity contribution >= 4 is 11.6 Å². The number of rotatable bonds is 6. The number of hydrogen-bond donors (Lipinski definition) is 1. The monoisotopic (exact) mass is 321 g/mol. The van der Waals surface area contributed by atoms with Crippen LogP contribution in [-0.2, 0) is 22.6 Å². The number of hydrogen-bond acceptors (Lipinski definition) is 3. The second-order valence-electron chi connectivity index (χ2n) is 5.49. The number of amides is 1. The lowest BCUT2D eigenvalue weighted by atomic mass is 10.2. The van der Waals surface area contributed by atoms with Gasteiger partial charge in [-0.2, -0.15) is 5.10 Å². The standard InChI is InChI=1S/C19H19N3O2/c1-24-14-15-6-5-7-17(10-15)21-19(23)11-16-12-20-22(13-16)18-8-3-2-4-9-18/h2-10,12-13H,11,14H2,1H3,(H,21,23). The molecule has 24 heavy (non-hydrogen) atoms. The molecule has 3 aromatic rings. The number of carbonyl (C=O) groups is 1. The molecule has 0 saturated heterocycles. The maximum Gasteiger partial charge on any atom is 0.228 e. The van der Waals surface area contributed by atoms with Crippen LogP contribution in [-0.4, -0.2) is 22.8 Å². The van der Waals surface area contributed by atoms with Crippen molar-refractivity contribution in [2.45, 2.75) is 13.0 Å². The molecule has 0 aliphatic heterocycles. The number of methoxy groups -OCH3 is 1. The highest BCUT2D eigenvalue weighted by Gasteiger charge is 2.07. The number of carbonyl (C=O) groups excluding carboxylic acids is 1. The lowest BCUT2D eigenvalue weighted by molar-refractivity contribution is -0.115. The van der Waals surface area contributed by atoms with Crippen LogP contribution in [0, 0.1) is 0 Å². The van der Waals surface area contributed by atoms with Gasteiger partial charge in [-0.3, -0.25) is 4.79 Å². The first-order valence-corrected chi connectivity index (χ1v) is 7.71. The summed E-state index contributed by atoms with van der Waals surface area (Å²) in [7, 11) is 1.65. The second-order valence-corrected chi connectivity index (χ2v) is 5.49. The molecule has 1 amide bonds. The zero-order valence-electron chi connectivity index (χ0n) is 13.5. The lowest BCUT2D eigenvalue weighted by Crippen LogP contribution is -2.14. The lowest BCUT2D eigenvalue weighted by Gasteiger charge is -2.06. The van der Waals surface area contributed by atoms with Crippen molar-refractivity contribution in [3.8, 4) is 5.69 Å². The van der Waals surface area contributed by atoms with Crippen LogP contribution in [0.25, 0.3) is 5.69 Å². The minimum absolute atomic E-state index is 0.0721. The van der Waals surface area contributed by atoms with Crippen LogP contribution in [0.3, 0.4) is 0 Å². The smallest absolute Gasteiger partial charge is 0.228 e. The fourth-order valence-electron chi connectivity index (χ4n) is 2.47. The van der Waals surface area contributed by atoms with E-state index < -0.39 is 0 Å². The highest BCUT2D eigenvalue weighted by atomic mass is 16.5. The van der Waals surface area contributed by atoms with Crippen molar-refractivity contribution in [1.82, 2.24) is 9.78 Å². The molecule has 1 N–H and O–H groups in total. The molecular formula is C19H19N3O2. The van der Waals surface area contributed by atoms with Crippen molar-refractivity contribution in [3.05, 3.63) is 78.1 Å². The summed E-state index contributed by atoms with van der Waals surface area (Å²) < 4.78 is 6.87. The Morgan fingerprint density at radius 3 is 2.75 bits per heavy atom. The molecule has 1 aromatic heterocycles. The molecule has 0 aliphatic carbocycles. The van der Waals surface area contributed by atoms with Crippen molar-refractivity contribution in [1.29, 1.82) is 0 Å². The van der Waals surface area contributed by atoms with E-state index in [9.17, 15) is 4.79 Å². The molecule has 0 fully saturated rings. The van der Waals surface area contributed by atoms with Gasteiger partial charge in [0, 0.05) is 19.0 Å². The minimum Gasteiger partial charge on any atom is -0.380 e. The van der Waals surface area contributed by atoms with Crippen molar-refractivity contribution in [2.75, 3.05) is 12.4 Å². The summed E-state index contributed by atoms with van der Waals surface area (Å²) in [5, 5.41) is 7.21. The van der Waals surface area contributed by atoms with E-state index in [1.165, 1.54) is 0 Å². The van der Waals surface area contributed by atoms with E-state index in [2.05, 4.69) is 10.4 Å². The third-order valence-corrected chi connectivity index (χ3v) is 3.54. The summed E-state index contributed by atoms with van der Waals surface area (Å²) in [6.45, 7) is 0.521. The molecule has 0 spiro atoms. The van der Waals surface area contributed by atoms with Crippen LogP contribution in [0.4, 0.5) is 5.69 Å². The Labute approximate surface area is 140 Å². The van der Waals surface area contributed by atoms with Gasteiger partial charge in [-0.1, -0.05) is 30.3 Å². The fourth-order valence-corrected chi connectivity index (χ4v) is 2.47. The van der Waals surface area contributed by atoms with Crippen molar-refractivity contribution in [2.24, 2.45) is 0 Å². The largest absolute Gasteiger partial charge is 0.380 e. The summed E-state index contributed by atoms with van der Waals surface area (Å²) in [6, 6.07) is 17.4. The number of benzene rings is 2. The Kier molecular flexibility index (Phi) is 5.03. The molecule has 2 aromatic carbocycles. The fraction of sp³-hybridized carbons (Fsp3) is 0.158. The van der Waals surface area contributed by atoms with E-state index in [-0.39, 0.29) is 12.3 Å². The van der Waals surface area contributed by atoms with Crippen LogP contribution >= 0.6 is 0 Å². The van der Waals surface area contributed by atoms with Crippen LogP contribution in [0.5, 0.6) is 0 Å². The third-order valence-electron chi connectivity index (χ3n) is 3.54. The maximum absolute atomic E-state index is 12.2. The second kappa shape index (κ2) is 7.57. The zero-order chi connectivity index (χ0) is 16.8. The Balaban J connectivity index is 1.63. The normalized spacial score (nSPS) is 10.5. The Morgan fingerprint density at radius 2 is 1.96 bits per heavy atom. The molecule has 122 valence electrons. The molecule has 1 heterocycles. The van der Waals surface area contributed by atoms with Crippen LogP contribution in [0.15, 0.2) is 67.0 Å². The van der Waals surface area contributed by atoms with Gasteiger partial charge in [0.25, 0.3) is 0 Å². The average Bonchev–Trinajstić information content (AvgIpc) is 3.04. The summed E-state index contributed by atoms with van der Waals surface area (Å²) in [5.74, 6) is -0.0721. The third kappa shape index (κ3) is 4.08. The van der Waals surface area contributed by atoms with Gasteiger partial charge in [-0.15, -0.1) is 0 Å². The van der Waals surface area contributed by atoms with E-state index in [1.807, 2.05) is 60.8 Å². The SMILES string of the molecule is COCc1cccc(NC(=O)Cc2cnn(-c3ccccc3)c2)c1. The predicted molar refractivity (Wildman–Crippen MR) is 93.1 cm³/mol. The van der Waals surface area contributed by atoms with Gasteiger partial charge >= 0.3 is 0 Å². The van der Waals surface area contributed by atoms with E-state index in [0.29, 0.717) is 6.61 Å². The summed E-state index contributed by atoms with van der Waals surface area (Å²) in [6.07, 6.45) is 3.87. The summed E-state index contributed by atoms with van der Waals surface area (Å²) >= 11 is 0. The Hall–Kier alpha value is -2.92. The van der Waals surface area contributed by atoms with Gasteiger partial charge in [0.15, 0.2) is 0 Å². The molecule has 0 radical (unpaired) electrons. The first-order chi connectivity index (χ1) is 11.7. The Morgan fingerprint density at radius 1 is 1.12 bits per heavy atom. The number of anilines is 1. The van der Waals surface area contributed by atoms with Gasteiger partial charge in [0.1, 0.15) is 0 Å². The quantitative estimate of drug-likeness (QED) is 0.758. The number of nitrogens with one attached hydrogen (secondary N) is 1. The number of ether oxygens (including phenoxy) is 1. The first-order valence-electron chi connectivity index (χ1n) is 7.71. The highest BCUT2D eigenvalue weighted by Crippen LogP contribution is 2.13. The van der Waals surface area contributed by atoms with Crippen molar-refractivity contribution < 1.29 is 9.53 Å². The average molecular weight is 321 g/mol. The van der Waals surface area contributed by atoms with Crippen LogP contribution < -0.4 is 5.32 Å². The Bertz CT molecular complexity index is 812. The van der Waals surface area contributed by atoms with Crippen LogP contribution in [0.2, 0.25) is 0 Å². The molecule has 0 saturated carbocycles. The van der Waals surface area contributed by atoms with Gasteiger partial charge in [-0.05, 0) is 35.4 Å². The molecule has 5 heteroatoms. The zero-order valence-corrected chi connectivity index (χ0v) is 13.5. The predicted octanol–water partition coefficient (Wildman–Crippen LogP) is 3.20. The number of para-hydroxylation sites is 1. The van der Waals surface area contributed by atoms with Gasteiger partial charge < -0.3 is 10.1 Å². The molecule has 0 aliphatic rings. The summed E-state index contributed by atoms with van der Waals surface area (Å²) in [4.78, 5) is 12.2. The molecule has 3 rings (SSSR count). The molecular weight excluding hydrogens is 302 g/mol. The van der Waals surface area contributed by atoms with E-state index in [4.69, 9.17) is 4.74 Å². The van der Waals surface area contributed by atoms with Gasteiger partial charge in [0.05, 0.1) is 24.9 Å². The van der Waals surface area contributed by atoms with Crippen LogP contribution in [0.1, 0.15) is 11.1 Å². The minimum atomic E-state index is -0.0721. The topological polar surface area (TPSA) is 56.1 Å². The molecule has 0 bridgehead atoms. The number of aromatic nitrogens is 2. The maximum atomic E-state index is 12.2. The van der Waals surface area contributed by atoms with Crippen molar-refractivity contribution in [3.63, 3.8) is 0 Å². The molecule has 0 atom stereocenters. The van der Waals surface area contributed by atoms with E-state index in [1.54, 1.807) is 18.0 Å². The van der Waals surface area contributed by atoms with E-state index in [0.717, 1.165) is 22.5 Å². The first kappa shape index (κ1) is 16.0. The van der Waals surface area contributed by atoms with Gasteiger partial charge in [0.2, 0.25) is 5.91 Å². The molecule has 5 nitrogen and oxygen atoms in total. The van der Waals surface area contributed by atoms with E-state index >= 15 is 0 Å². The highest BCUT2D eigenvalue weighted by molar-refractivity contribution is 5.92. The van der Waals surface area contributed by atoms with Gasteiger partial charge in [-0.25, -0.2) is 4.68 Å². The summed E-state index contributed by atoms with van der Waals surface area (Å²) in [5.41, 5.74) is 3.62. The number of nitrogens with zero attached hydrogens (tertiary/aromatic N) is 2. The molecule has 0 unspecified atom stereocenters.